The molecule has 238 valence electrons. The minimum Gasteiger partial charge on any atom is -0.461 e. The summed E-state index contributed by atoms with van der Waals surface area (Å²) in [7, 11) is 2.50. The Hall–Kier alpha value is -1.14. The zero-order chi connectivity index (χ0) is 29.7. The van der Waals surface area contributed by atoms with Crippen molar-refractivity contribution >= 4 is 11.9 Å². The van der Waals surface area contributed by atoms with Gasteiger partial charge in [0.2, 0.25) is 0 Å². The highest BCUT2D eigenvalue weighted by Crippen LogP contribution is 2.67. The molecule has 2 saturated heterocycles. The minimum atomic E-state index is -0.110. The Morgan fingerprint density at radius 3 is 2.26 bits per heavy atom. The van der Waals surface area contributed by atoms with Gasteiger partial charge in [-0.25, -0.2) is 0 Å². The van der Waals surface area contributed by atoms with Crippen molar-refractivity contribution < 1.29 is 23.5 Å². The lowest BCUT2D eigenvalue weighted by Gasteiger charge is -2.62. The van der Waals surface area contributed by atoms with Gasteiger partial charge in [-0.15, -0.1) is 0 Å². The average Bonchev–Trinajstić information content (AvgIpc) is 3.51. The van der Waals surface area contributed by atoms with Crippen molar-refractivity contribution in [3.05, 3.63) is 0 Å². The molecule has 6 heteroatoms. The van der Waals surface area contributed by atoms with Gasteiger partial charge in [0, 0.05) is 31.2 Å². The summed E-state index contributed by atoms with van der Waals surface area (Å²) in [5.41, 5.74) is 0.372. The molecule has 2 heterocycles. The van der Waals surface area contributed by atoms with E-state index < -0.39 is 0 Å². The van der Waals surface area contributed by atoms with Crippen LogP contribution in [0.15, 0.2) is 0 Å². The topological polar surface area (TPSA) is 55.8 Å². The molecule has 0 aromatic carbocycles. The summed E-state index contributed by atoms with van der Waals surface area (Å²) >= 11 is 0. The summed E-state index contributed by atoms with van der Waals surface area (Å²) in [5.74, 6) is 2.62. The van der Waals surface area contributed by atoms with E-state index in [-0.39, 0.29) is 29.6 Å². The Bertz CT molecular complexity index is 987. The number of hydrogen-bond acceptors (Lipinski definition) is 5. The standard InChI is InChI=1S/C36H61N2O4/c1-6-13-33(40)42-34-31(38(5)20-11-7-8-12-21-38)23-29-27-15-14-26-22-32(41-25(2)39)30(37-18-9-10-19-37)24-36(26,4)28(27)16-17-35(29,34)3/h26-32,34H,6-24H2,1-5H3/q+1/t26-,27+,28-,29-,30-,31-,32-,34-,35-,36-/m0/s1. The molecule has 0 unspecified atom stereocenters. The predicted molar refractivity (Wildman–Crippen MR) is 166 cm³/mol. The van der Waals surface area contributed by atoms with Gasteiger partial charge >= 0.3 is 11.9 Å². The van der Waals surface area contributed by atoms with Gasteiger partial charge in [-0.1, -0.05) is 20.8 Å². The molecule has 0 bridgehead atoms. The first-order valence-electron chi connectivity index (χ1n) is 18.0. The molecule has 0 aromatic rings. The van der Waals surface area contributed by atoms with Crippen LogP contribution in [0.3, 0.4) is 0 Å². The number of fused-ring (bicyclic) bond motifs is 5. The van der Waals surface area contributed by atoms with Gasteiger partial charge in [-0.05, 0) is 126 Å². The van der Waals surface area contributed by atoms with E-state index in [2.05, 4.69) is 32.7 Å². The van der Waals surface area contributed by atoms with E-state index in [4.69, 9.17) is 9.47 Å². The Labute approximate surface area is 256 Å². The van der Waals surface area contributed by atoms with Gasteiger partial charge in [0.05, 0.1) is 20.1 Å². The second-order valence-corrected chi connectivity index (χ2v) is 16.4. The number of esters is 2. The minimum absolute atomic E-state index is 0.0332. The fourth-order valence-corrected chi connectivity index (χ4v) is 11.9. The highest BCUT2D eigenvalue weighted by atomic mass is 16.5. The van der Waals surface area contributed by atoms with Crippen LogP contribution in [0.2, 0.25) is 0 Å². The molecular formula is C36H61N2O4+. The zero-order valence-corrected chi connectivity index (χ0v) is 27.6. The lowest BCUT2D eigenvalue weighted by Crippen LogP contribution is -2.60. The van der Waals surface area contributed by atoms with E-state index in [9.17, 15) is 9.59 Å². The van der Waals surface area contributed by atoms with Crippen LogP contribution < -0.4 is 0 Å². The first-order chi connectivity index (χ1) is 20.1. The number of hydrogen-bond donors (Lipinski definition) is 0. The number of quaternary nitrogens is 1. The second kappa shape index (κ2) is 12.0. The number of rotatable bonds is 6. The molecule has 0 N–H and O–H groups in total. The van der Waals surface area contributed by atoms with Gasteiger partial charge in [-0.2, -0.15) is 0 Å². The van der Waals surface area contributed by atoms with Crippen LogP contribution >= 0.6 is 0 Å². The van der Waals surface area contributed by atoms with Crippen molar-refractivity contribution in [1.29, 1.82) is 0 Å². The monoisotopic (exact) mass is 585 g/mol. The fourth-order valence-electron chi connectivity index (χ4n) is 11.9. The lowest BCUT2D eigenvalue weighted by molar-refractivity contribution is -0.935. The van der Waals surface area contributed by atoms with E-state index in [0.29, 0.717) is 41.7 Å². The van der Waals surface area contributed by atoms with Gasteiger partial charge in [0.15, 0.2) is 6.10 Å². The molecule has 0 amide bonds. The third kappa shape index (κ3) is 5.37. The molecule has 42 heavy (non-hydrogen) atoms. The maximum Gasteiger partial charge on any atom is 0.306 e. The van der Waals surface area contributed by atoms with Crippen molar-refractivity contribution in [3.63, 3.8) is 0 Å². The number of nitrogens with zero attached hydrogens (tertiary/aromatic N) is 2. The van der Waals surface area contributed by atoms with Crippen molar-refractivity contribution in [1.82, 2.24) is 4.90 Å². The number of likely N-dealkylation sites (tertiary alicyclic amines) is 2. The van der Waals surface area contributed by atoms with Gasteiger partial charge < -0.3 is 14.0 Å². The Morgan fingerprint density at radius 1 is 0.881 bits per heavy atom. The molecule has 4 aliphatic carbocycles. The third-order valence-electron chi connectivity index (χ3n) is 14.1. The van der Waals surface area contributed by atoms with E-state index in [1.165, 1.54) is 90.1 Å². The fraction of sp³-hybridized carbons (Fsp3) is 0.944. The first kappa shape index (κ1) is 30.9. The molecule has 0 radical (unpaired) electrons. The van der Waals surface area contributed by atoms with Crippen LogP contribution in [-0.2, 0) is 19.1 Å². The van der Waals surface area contributed by atoms with Crippen LogP contribution in [0.5, 0.6) is 0 Å². The van der Waals surface area contributed by atoms with Crippen molar-refractivity contribution in [2.24, 2.45) is 34.5 Å². The summed E-state index contributed by atoms with van der Waals surface area (Å²) < 4.78 is 13.8. The van der Waals surface area contributed by atoms with E-state index in [1.54, 1.807) is 6.92 Å². The smallest absolute Gasteiger partial charge is 0.306 e. The number of likely N-dealkylation sites (N-methyl/N-ethyl adjacent to an activating group) is 1. The van der Waals surface area contributed by atoms with Crippen molar-refractivity contribution in [2.75, 3.05) is 33.2 Å². The maximum atomic E-state index is 13.1. The molecule has 2 aliphatic heterocycles. The maximum absolute atomic E-state index is 13.1. The van der Waals surface area contributed by atoms with Crippen molar-refractivity contribution in [2.45, 2.75) is 148 Å². The molecule has 0 spiro atoms. The van der Waals surface area contributed by atoms with Gasteiger partial charge in [-0.3, -0.25) is 14.5 Å². The van der Waals surface area contributed by atoms with E-state index in [0.717, 1.165) is 36.3 Å². The molecule has 6 aliphatic rings. The van der Waals surface area contributed by atoms with E-state index in [1.807, 2.05) is 0 Å². The van der Waals surface area contributed by atoms with Crippen LogP contribution in [0.4, 0.5) is 0 Å². The predicted octanol–water partition coefficient (Wildman–Crippen LogP) is 6.75. The average molecular weight is 586 g/mol. The number of carbonyl (C=O) groups excluding carboxylic acids is 2. The lowest BCUT2D eigenvalue weighted by atomic mass is 9.44. The molecular weight excluding hydrogens is 524 g/mol. The summed E-state index contributed by atoms with van der Waals surface area (Å²) in [5, 5.41) is 0. The van der Waals surface area contributed by atoms with E-state index >= 15 is 0 Å². The Balaban J connectivity index is 1.29. The second-order valence-electron chi connectivity index (χ2n) is 16.4. The number of ether oxygens (including phenoxy) is 2. The number of carbonyl (C=O) groups is 2. The van der Waals surface area contributed by atoms with Gasteiger partial charge in [0.1, 0.15) is 12.1 Å². The SMILES string of the molecule is CCCC(=O)O[C@H]1[C@@H]([N+]2(C)CCCCCC2)C[C@H]2[C@@H]3CC[C@H]4C[C@H](OC(C)=O)[C@@H](N5CCCC5)C[C@]4(C)[C@H]3CC[C@@]21C. The zero-order valence-electron chi connectivity index (χ0n) is 27.6. The summed E-state index contributed by atoms with van der Waals surface area (Å²) in [4.78, 5) is 28.0. The van der Waals surface area contributed by atoms with Crippen molar-refractivity contribution in [3.8, 4) is 0 Å². The van der Waals surface area contributed by atoms with Crippen LogP contribution in [0, 0.1) is 34.5 Å². The molecule has 0 aromatic heterocycles. The molecule has 6 rings (SSSR count). The molecule has 6 fully saturated rings. The summed E-state index contributed by atoms with van der Waals surface area (Å²) in [6.07, 6.45) is 17.8. The summed E-state index contributed by atoms with van der Waals surface area (Å²) in [6.45, 7) is 13.6. The third-order valence-corrected chi connectivity index (χ3v) is 14.1. The van der Waals surface area contributed by atoms with Crippen LogP contribution in [-0.4, -0.2) is 78.8 Å². The summed E-state index contributed by atoms with van der Waals surface area (Å²) in [6, 6.07) is 0.797. The van der Waals surface area contributed by atoms with Crippen LogP contribution in [0.1, 0.15) is 124 Å². The normalized spacial score (nSPS) is 45.3. The molecule has 10 atom stereocenters. The highest BCUT2D eigenvalue weighted by molar-refractivity contribution is 5.69. The molecule has 6 nitrogen and oxygen atoms in total. The quantitative estimate of drug-likeness (QED) is 0.255. The molecule has 4 saturated carbocycles. The van der Waals surface area contributed by atoms with Gasteiger partial charge in [0.25, 0.3) is 0 Å². The Morgan fingerprint density at radius 2 is 1.60 bits per heavy atom. The largest absolute Gasteiger partial charge is 0.461 e. The Kier molecular flexibility index (Phi) is 8.81. The highest BCUT2D eigenvalue weighted by Gasteiger charge is 2.67. The van der Waals surface area contributed by atoms with Crippen LogP contribution in [0.25, 0.3) is 0 Å². The first-order valence-corrected chi connectivity index (χ1v) is 18.0.